The molecule has 2 atom stereocenters. The first-order chi connectivity index (χ1) is 9.02. The molecule has 19 heavy (non-hydrogen) atoms. The van der Waals surface area contributed by atoms with Crippen LogP contribution in [0.3, 0.4) is 0 Å². The highest BCUT2D eigenvalue weighted by Crippen LogP contribution is 2.31. The quantitative estimate of drug-likeness (QED) is 0.654. The number of β-amino-alcohol motifs (C(OH)–C–C–N with tert-alkyl or cyclic N) is 1. The van der Waals surface area contributed by atoms with Crippen molar-refractivity contribution in [2.45, 2.75) is 19.4 Å². The Morgan fingerprint density at radius 2 is 2.32 bits per heavy atom. The van der Waals surface area contributed by atoms with Crippen LogP contribution in [0.15, 0.2) is 12.1 Å². The van der Waals surface area contributed by atoms with Crippen LogP contribution in [0, 0.1) is 16.0 Å². The second kappa shape index (κ2) is 5.40. The van der Waals surface area contributed by atoms with E-state index in [9.17, 15) is 15.2 Å². The number of aliphatic hydroxyl groups excluding tert-OH is 1. The standard InChI is InChI=1S/C12H17N3O4/c1-8-5-6-14(7-10(8)16)12-9(15(17)18)3-4-11(13-12)19-2/h3-4,8,10,16H,5-7H2,1-2H3. The summed E-state index contributed by atoms with van der Waals surface area (Å²) in [4.78, 5) is 16.5. The molecular formula is C12H17N3O4. The van der Waals surface area contributed by atoms with Crippen LogP contribution in [-0.2, 0) is 0 Å². The van der Waals surface area contributed by atoms with E-state index in [-0.39, 0.29) is 17.4 Å². The number of methoxy groups -OCH3 is 1. The van der Waals surface area contributed by atoms with Crippen LogP contribution in [0.2, 0.25) is 0 Å². The minimum atomic E-state index is -0.499. The summed E-state index contributed by atoms with van der Waals surface area (Å²) in [7, 11) is 1.46. The highest BCUT2D eigenvalue weighted by atomic mass is 16.6. The van der Waals surface area contributed by atoms with Crippen molar-refractivity contribution in [2.75, 3.05) is 25.1 Å². The summed E-state index contributed by atoms with van der Waals surface area (Å²) in [5.41, 5.74) is -0.0671. The molecule has 0 aliphatic carbocycles. The maximum absolute atomic E-state index is 11.0. The van der Waals surface area contributed by atoms with Crippen molar-refractivity contribution in [3.8, 4) is 5.88 Å². The molecule has 7 heteroatoms. The van der Waals surface area contributed by atoms with Crippen molar-refractivity contribution in [1.82, 2.24) is 4.98 Å². The number of nitrogens with zero attached hydrogens (tertiary/aromatic N) is 3. The van der Waals surface area contributed by atoms with Gasteiger partial charge >= 0.3 is 5.69 Å². The van der Waals surface area contributed by atoms with Crippen LogP contribution in [0.4, 0.5) is 11.5 Å². The number of aromatic nitrogens is 1. The molecule has 1 aromatic rings. The van der Waals surface area contributed by atoms with Crippen molar-refractivity contribution < 1.29 is 14.8 Å². The summed E-state index contributed by atoms with van der Waals surface area (Å²) >= 11 is 0. The van der Waals surface area contributed by atoms with E-state index in [4.69, 9.17) is 4.74 Å². The number of pyridine rings is 1. The van der Waals surface area contributed by atoms with E-state index in [1.165, 1.54) is 19.2 Å². The Kier molecular flexibility index (Phi) is 3.84. The monoisotopic (exact) mass is 267 g/mol. The van der Waals surface area contributed by atoms with Crippen LogP contribution >= 0.6 is 0 Å². The molecule has 0 saturated carbocycles. The molecule has 1 aliphatic heterocycles. The van der Waals surface area contributed by atoms with E-state index in [1.54, 1.807) is 4.90 Å². The summed E-state index contributed by atoms with van der Waals surface area (Å²) < 4.78 is 5.01. The smallest absolute Gasteiger partial charge is 0.311 e. The molecule has 1 aliphatic rings. The molecule has 0 radical (unpaired) electrons. The maximum atomic E-state index is 11.0. The number of aliphatic hydroxyl groups is 1. The number of hydrogen-bond acceptors (Lipinski definition) is 6. The predicted molar refractivity (Wildman–Crippen MR) is 69.4 cm³/mol. The van der Waals surface area contributed by atoms with Crippen molar-refractivity contribution in [2.24, 2.45) is 5.92 Å². The van der Waals surface area contributed by atoms with Crippen LogP contribution in [0.1, 0.15) is 13.3 Å². The number of piperidine rings is 1. The predicted octanol–water partition coefficient (Wildman–Crippen LogP) is 1.21. The minimum absolute atomic E-state index is 0.0671. The summed E-state index contributed by atoms with van der Waals surface area (Å²) in [5, 5.41) is 20.9. The Bertz CT molecular complexity index is 480. The molecule has 1 aromatic heterocycles. The number of anilines is 1. The summed E-state index contributed by atoms with van der Waals surface area (Å²) in [6.07, 6.45) is 0.276. The lowest BCUT2D eigenvalue weighted by Gasteiger charge is -2.34. The van der Waals surface area contributed by atoms with Crippen LogP contribution in [0.5, 0.6) is 5.88 Å². The molecule has 0 spiro atoms. The molecule has 2 heterocycles. The Balaban J connectivity index is 2.34. The number of ether oxygens (including phenoxy) is 1. The summed E-state index contributed by atoms with van der Waals surface area (Å²) in [6.45, 7) is 2.96. The first kappa shape index (κ1) is 13.5. The second-order valence-corrected chi connectivity index (χ2v) is 4.73. The van der Waals surface area contributed by atoms with Gasteiger partial charge in [-0.2, -0.15) is 4.98 Å². The molecule has 1 saturated heterocycles. The van der Waals surface area contributed by atoms with E-state index < -0.39 is 11.0 Å². The summed E-state index contributed by atoms with van der Waals surface area (Å²) in [5.74, 6) is 0.782. The Morgan fingerprint density at radius 3 is 2.89 bits per heavy atom. The van der Waals surface area contributed by atoms with Gasteiger partial charge in [0.1, 0.15) is 0 Å². The number of hydrogen-bond donors (Lipinski definition) is 1. The molecule has 0 aromatic carbocycles. The van der Waals surface area contributed by atoms with Crippen molar-refractivity contribution in [1.29, 1.82) is 0 Å². The first-order valence-corrected chi connectivity index (χ1v) is 6.15. The van der Waals surface area contributed by atoms with Gasteiger partial charge in [0.15, 0.2) is 0 Å². The zero-order chi connectivity index (χ0) is 14.0. The average Bonchev–Trinajstić information content (AvgIpc) is 2.41. The van der Waals surface area contributed by atoms with E-state index in [0.717, 1.165) is 6.42 Å². The van der Waals surface area contributed by atoms with Crippen LogP contribution in [0.25, 0.3) is 0 Å². The van der Waals surface area contributed by atoms with Gasteiger partial charge in [-0.1, -0.05) is 6.92 Å². The fraction of sp³-hybridized carbons (Fsp3) is 0.583. The Morgan fingerprint density at radius 1 is 1.58 bits per heavy atom. The lowest BCUT2D eigenvalue weighted by molar-refractivity contribution is -0.384. The van der Waals surface area contributed by atoms with Crippen molar-refractivity contribution >= 4 is 11.5 Å². The van der Waals surface area contributed by atoms with E-state index >= 15 is 0 Å². The highest BCUT2D eigenvalue weighted by Gasteiger charge is 2.29. The molecule has 2 rings (SSSR count). The molecule has 1 fully saturated rings. The van der Waals surface area contributed by atoms with E-state index in [0.29, 0.717) is 19.0 Å². The van der Waals surface area contributed by atoms with Gasteiger partial charge in [-0.3, -0.25) is 10.1 Å². The van der Waals surface area contributed by atoms with E-state index in [2.05, 4.69) is 4.98 Å². The lowest BCUT2D eigenvalue weighted by atomic mass is 9.96. The zero-order valence-electron chi connectivity index (χ0n) is 10.9. The molecule has 1 N–H and O–H groups in total. The van der Waals surface area contributed by atoms with E-state index in [1.807, 2.05) is 6.92 Å². The third kappa shape index (κ3) is 2.76. The highest BCUT2D eigenvalue weighted by molar-refractivity contribution is 5.59. The third-order valence-electron chi connectivity index (χ3n) is 3.45. The SMILES string of the molecule is COc1ccc([N+](=O)[O-])c(N2CCC(C)C(O)C2)n1. The lowest BCUT2D eigenvalue weighted by Crippen LogP contribution is -2.43. The molecule has 0 bridgehead atoms. The largest absolute Gasteiger partial charge is 0.481 e. The Labute approximate surface area is 111 Å². The van der Waals surface area contributed by atoms with Crippen LogP contribution in [-0.4, -0.2) is 41.3 Å². The molecule has 0 amide bonds. The molecule has 2 unspecified atom stereocenters. The van der Waals surface area contributed by atoms with Gasteiger partial charge in [-0.05, 0) is 12.3 Å². The van der Waals surface area contributed by atoms with Gasteiger partial charge in [0.2, 0.25) is 11.7 Å². The maximum Gasteiger partial charge on any atom is 0.311 e. The third-order valence-corrected chi connectivity index (χ3v) is 3.45. The first-order valence-electron chi connectivity index (χ1n) is 6.15. The zero-order valence-corrected chi connectivity index (χ0v) is 10.9. The van der Waals surface area contributed by atoms with Gasteiger partial charge in [0, 0.05) is 25.2 Å². The number of nitro groups is 1. The van der Waals surface area contributed by atoms with Crippen molar-refractivity contribution in [3.05, 3.63) is 22.2 Å². The normalized spacial score (nSPS) is 23.2. The fourth-order valence-electron chi connectivity index (χ4n) is 2.15. The number of rotatable bonds is 3. The van der Waals surface area contributed by atoms with Gasteiger partial charge in [-0.15, -0.1) is 0 Å². The average molecular weight is 267 g/mol. The molecule has 104 valence electrons. The van der Waals surface area contributed by atoms with Crippen molar-refractivity contribution in [3.63, 3.8) is 0 Å². The van der Waals surface area contributed by atoms with Crippen LogP contribution < -0.4 is 9.64 Å². The van der Waals surface area contributed by atoms with Gasteiger partial charge in [0.05, 0.1) is 18.1 Å². The minimum Gasteiger partial charge on any atom is -0.481 e. The van der Waals surface area contributed by atoms with Gasteiger partial charge in [0.25, 0.3) is 0 Å². The van der Waals surface area contributed by atoms with Gasteiger partial charge in [-0.25, -0.2) is 0 Å². The fourth-order valence-corrected chi connectivity index (χ4v) is 2.15. The topological polar surface area (TPSA) is 88.7 Å². The van der Waals surface area contributed by atoms with Gasteiger partial charge < -0.3 is 14.7 Å². The molecule has 7 nitrogen and oxygen atoms in total. The summed E-state index contributed by atoms with van der Waals surface area (Å²) in [6, 6.07) is 2.84. The Hall–Kier alpha value is -1.89. The molecular weight excluding hydrogens is 250 g/mol. The second-order valence-electron chi connectivity index (χ2n) is 4.73.